The van der Waals surface area contributed by atoms with E-state index in [1.807, 2.05) is 43.8 Å². The van der Waals surface area contributed by atoms with Crippen LogP contribution in [-0.4, -0.2) is 26.3 Å². The van der Waals surface area contributed by atoms with E-state index in [0.717, 1.165) is 34.5 Å². The van der Waals surface area contributed by atoms with E-state index in [0.29, 0.717) is 0 Å². The number of hydrogen-bond acceptors (Lipinski definition) is 4. The van der Waals surface area contributed by atoms with Crippen molar-refractivity contribution in [1.29, 1.82) is 0 Å². The summed E-state index contributed by atoms with van der Waals surface area (Å²) in [4.78, 5) is 9.00. The molecule has 3 aromatic rings. The number of aryl methyl sites for hydroxylation is 1. The Bertz CT molecular complexity index is 717. The molecule has 0 radical (unpaired) electrons. The second kappa shape index (κ2) is 4.68. The standard InChI is InChI=1S/C14H15N5/c1-3-15-14-5-4-12-13(18-14)6-10(7-16-12)11-8-17-19(2)9-11/h4-9H,3H2,1-2H3,(H,15,18). The molecular weight excluding hydrogens is 238 g/mol. The van der Waals surface area contributed by atoms with Crippen LogP contribution < -0.4 is 5.32 Å². The number of nitrogens with zero attached hydrogens (tertiary/aromatic N) is 4. The largest absolute Gasteiger partial charge is 0.370 e. The Hall–Kier alpha value is -2.43. The van der Waals surface area contributed by atoms with Crippen LogP contribution in [-0.2, 0) is 7.05 Å². The number of aromatic nitrogens is 4. The average Bonchev–Trinajstić information content (AvgIpc) is 2.85. The van der Waals surface area contributed by atoms with Gasteiger partial charge in [-0.2, -0.15) is 5.10 Å². The van der Waals surface area contributed by atoms with E-state index in [4.69, 9.17) is 0 Å². The quantitative estimate of drug-likeness (QED) is 0.779. The first-order valence-electron chi connectivity index (χ1n) is 6.26. The Balaban J connectivity index is 2.08. The topological polar surface area (TPSA) is 55.6 Å². The minimum Gasteiger partial charge on any atom is -0.370 e. The van der Waals surface area contributed by atoms with Crippen molar-refractivity contribution in [3.05, 3.63) is 36.8 Å². The highest BCUT2D eigenvalue weighted by atomic mass is 15.2. The van der Waals surface area contributed by atoms with Crippen molar-refractivity contribution in [2.24, 2.45) is 7.05 Å². The third-order valence-corrected chi connectivity index (χ3v) is 2.93. The maximum Gasteiger partial charge on any atom is 0.126 e. The molecule has 96 valence electrons. The molecule has 0 saturated carbocycles. The van der Waals surface area contributed by atoms with Gasteiger partial charge in [-0.25, -0.2) is 4.98 Å². The van der Waals surface area contributed by atoms with E-state index < -0.39 is 0 Å². The SMILES string of the molecule is CCNc1ccc2ncc(-c3cnn(C)c3)cc2n1. The van der Waals surface area contributed by atoms with E-state index in [9.17, 15) is 0 Å². The minimum absolute atomic E-state index is 0.855. The summed E-state index contributed by atoms with van der Waals surface area (Å²) >= 11 is 0. The molecule has 5 nitrogen and oxygen atoms in total. The Morgan fingerprint density at radius 2 is 2.05 bits per heavy atom. The van der Waals surface area contributed by atoms with Crippen LogP contribution in [0.25, 0.3) is 22.2 Å². The molecule has 3 heterocycles. The van der Waals surface area contributed by atoms with E-state index in [2.05, 4.69) is 27.3 Å². The summed E-state index contributed by atoms with van der Waals surface area (Å²) < 4.78 is 1.78. The molecule has 19 heavy (non-hydrogen) atoms. The molecule has 0 fully saturated rings. The molecule has 0 aliphatic rings. The predicted octanol–water partition coefficient (Wildman–Crippen LogP) is 2.46. The highest BCUT2D eigenvalue weighted by Gasteiger charge is 2.04. The van der Waals surface area contributed by atoms with Crippen LogP contribution in [0, 0.1) is 0 Å². The van der Waals surface area contributed by atoms with Gasteiger partial charge in [0.05, 0.1) is 17.2 Å². The molecule has 0 unspecified atom stereocenters. The Morgan fingerprint density at radius 1 is 1.16 bits per heavy atom. The fourth-order valence-corrected chi connectivity index (χ4v) is 2.01. The van der Waals surface area contributed by atoms with Crippen LogP contribution in [0.5, 0.6) is 0 Å². The number of rotatable bonds is 3. The maximum atomic E-state index is 4.56. The lowest BCUT2D eigenvalue weighted by atomic mass is 10.1. The zero-order chi connectivity index (χ0) is 13.2. The predicted molar refractivity (Wildman–Crippen MR) is 75.9 cm³/mol. The molecule has 0 aliphatic heterocycles. The van der Waals surface area contributed by atoms with Gasteiger partial charge < -0.3 is 5.32 Å². The van der Waals surface area contributed by atoms with Crippen LogP contribution in [0.1, 0.15) is 6.92 Å². The van der Waals surface area contributed by atoms with Crippen LogP contribution in [0.2, 0.25) is 0 Å². The molecule has 3 rings (SSSR count). The molecule has 1 N–H and O–H groups in total. The van der Waals surface area contributed by atoms with Gasteiger partial charge in [0, 0.05) is 37.1 Å². The normalized spacial score (nSPS) is 10.8. The molecule has 5 heteroatoms. The third kappa shape index (κ3) is 2.27. The van der Waals surface area contributed by atoms with Crippen molar-refractivity contribution in [1.82, 2.24) is 19.7 Å². The number of hydrogen-bond donors (Lipinski definition) is 1. The van der Waals surface area contributed by atoms with Gasteiger partial charge in [-0.1, -0.05) is 0 Å². The van der Waals surface area contributed by atoms with Crippen molar-refractivity contribution >= 4 is 16.9 Å². The summed E-state index contributed by atoms with van der Waals surface area (Å²) in [6.45, 7) is 2.91. The number of anilines is 1. The number of nitrogens with one attached hydrogen (secondary N) is 1. The summed E-state index contributed by atoms with van der Waals surface area (Å²) in [5.74, 6) is 0.875. The number of fused-ring (bicyclic) bond motifs is 1. The third-order valence-electron chi connectivity index (χ3n) is 2.93. The molecule has 0 spiro atoms. The van der Waals surface area contributed by atoms with E-state index in [1.165, 1.54) is 0 Å². The molecule has 3 aromatic heterocycles. The van der Waals surface area contributed by atoms with Gasteiger partial charge in [0.2, 0.25) is 0 Å². The fraction of sp³-hybridized carbons (Fsp3) is 0.214. The van der Waals surface area contributed by atoms with E-state index >= 15 is 0 Å². The average molecular weight is 253 g/mol. The second-order valence-electron chi connectivity index (χ2n) is 4.39. The van der Waals surface area contributed by atoms with Crippen LogP contribution >= 0.6 is 0 Å². The van der Waals surface area contributed by atoms with Gasteiger partial charge >= 0.3 is 0 Å². The summed E-state index contributed by atoms with van der Waals surface area (Å²) in [5, 5.41) is 7.38. The van der Waals surface area contributed by atoms with Crippen molar-refractivity contribution in [3.63, 3.8) is 0 Å². The van der Waals surface area contributed by atoms with Crippen molar-refractivity contribution in [3.8, 4) is 11.1 Å². The van der Waals surface area contributed by atoms with Crippen molar-refractivity contribution in [2.75, 3.05) is 11.9 Å². The summed E-state index contributed by atoms with van der Waals surface area (Å²) in [5.41, 5.74) is 3.86. The van der Waals surface area contributed by atoms with Gasteiger partial charge in [0.15, 0.2) is 0 Å². The second-order valence-corrected chi connectivity index (χ2v) is 4.39. The Labute approximate surface area is 111 Å². The first-order valence-corrected chi connectivity index (χ1v) is 6.26. The molecule has 0 atom stereocenters. The maximum absolute atomic E-state index is 4.56. The van der Waals surface area contributed by atoms with Crippen LogP contribution in [0.15, 0.2) is 36.8 Å². The lowest BCUT2D eigenvalue weighted by Crippen LogP contribution is -1.99. The first-order chi connectivity index (χ1) is 9.26. The van der Waals surface area contributed by atoms with Crippen molar-refractivity contribution in [2.45, 2.75) is 6.92 Å². The van der Waals surface area contributed by atoms with Gasteiger partial charge in [-0.3, -0.25) is 9.67 Å². The summed E-state index contributed by atoms with van der Waals surface area (Å²) in [6.07, 6.45) is 5.65. The number of pyridine rings is 2. The molecule has 0 saturated heterocycles. The molecule has 0 aliphatic carbocycles. The molecular formula is C14H15N5. The molecule has 0 bridgehead atoms. The van der Waals surface area contributed by atoms with Gasteiger partial charge in [-0.05, 0) is 25.1 Å². The molecule has 0 aromatic carbocycles. The Kier molecular flexibility index (Phi) is 2.87. The minimum atomic E-state index is 0.855. The van der Waals surface area contributed by atoms with Crippen LogP contribution in [0.3, 0.4) is 0 Å². The zero-order valence-electron chi connectivity index (χ0n) is 11.0. The monoisotopic (exact) mass is 253 g/mol. The summed E-state index contributed by atoms with van der Waals surface area (Å²) in [7, 11) is 1.90. The highest BCUT2D eigenvalue weighted by molar-refractivity contribution is 5.81. The fourth-order valence-electron chi connectivity index (χ4n) is 2.01. The smallest absolute Gasteiger partial charge is 0.126 e. The van der Waals surface area contributed by atoms with Gasteiger partial charge in [0.1, 0.15) is 5.82 Å². The Morgan fingerprint density at radius 3 is 2.79 bits per heavy atom. The van der Waals surface area contributed by atoms with E-state index in [1.54, 1.807) is 4.68 Å². The lowest BCUT2D eigenvalue weighted by Gasteiger charge is -2.04. The highest BCUT2D eigenvalue weighted by Crippen LogP contribution is 2.22. The lowest BCUT2D eigenvalue weighted by molar-refractivity contribution is 0.768. The van der Waals surface area contributed by atoms with Gasteiger partial charge in [-0.15, -0.1) is 0 Å². The van der Waals surface area contributed by atoms with Gasteiger partial charge in [0.25, 0.3) is 0 Å². The van der Waals surface area contributed by atoms with Crippen molar-refractivity contribution < 1.29 is 0 Å². The zero-order valence-corrected chi connectivity index (χ0v) is 11.0. The van der Waals surface area contributed by atoms with E-state index in [-0.39, 0.29) is 0 Å². The first kappa shape index (κ1) is 11.6. The molecule has 0 amide bonds. The summed E-state index contributed by atoms with van der Waals surface area (Å²) in [6, 6.07) is 5.97. The van der Waals surface area contributed by atoms with Crippen LogP contribution in [0.4, 0.5) is 5.82 Å².